The SMILES string of the molecule is O=C(O)CN1Cc2cn(nn2)CCCCC(=O)NCC(=O)NCC(=O)N(CC(=O)O)Cc2cn(nn2)CCCCC(=O)NCC(=O)NCC1=O. The molecule has 50 heavy (non-hydrogen) atoms. The van der Waals surface area contributed by atoms with Crippen LogP contribution in [0.3, 0.4) is 0 Å². The van der Waals surface area contributed by atoms with Crippen molar-refractivity contribution >= 4 is 47.4 Å². The van der Waals surface area contributed by atoms with Gasteiger partial charge in [0.05, 0.1) is 51.7 Å². The highest BCUT2D eigenvalue weighted by atomic mass is 16.4. The number of hydrogen-bond acceptors (Lipinski definition) is 12. The van der Waals surface area contributed by atoms with Gasteiger partial charge in [0.1, 0.15) is 24.5 Å². The first kappa shape index (κ1) is 38.5. The van der Waals surface area contributed by atoms with E-state index >= 15 is 0 Å². The van der Waals surface area contributed by atoms with Gasteiger partial charge in [-0.25, -0.2) is 0 Å². The van der Waals surface area contributed by atoms with Gasteiger partial charge in [0, 0.05) is 25.9 Å². The molecule has 2 aromatic rings. The molecule has 0 atom stereocenters. The molecule has 22 nitrogen and oxygen atoms in total. The monoisotopic (exact) mass is 704 g/mol. The zero-order valence-corrected chi connectivity index (χ0v) is 27.2. The van der Waals surface area contributed by atoms with Gasteiger partial charge < -0.3 is 41.3 Å². The largest absolute Gasteiger partial charge is 0.480 e. The van der Waals surface area contributed by atoms with E-state index in [0.717, 1.165) is 9.80 Å². The molecule has 1 aliphatic heterocycles. The number of nitrogens with zero attached hydrogens (tertiary/aromatic N) is 8. The molecule has 1 aliphatic rings. The summed E-state index contributed by atoms with van der Waals surface area (Å²) in [6.07, 6.45) is 5.01. The van der Waals surface area contributed by atoms with E-state index in [0.29, 0.717) is 50.2 Å². The lowest BCUT2D eigenvalue weighted by Crippen LogP contribution is -2.44. The molecular formula is C28H40N12O10. The third kappa shape index (κ3) is 14.4. The van der Waals surface area contributed by atoms with Crippen molar-refractivity contribution in [2.24, 2.45) is 0 Å². The predicted molar refractivity (Wildman–Crippen MR) is 166 cm³/mol. The van der Waals surface area contributed by atoms with Crippen LogP contribution in [0.2, 0.25) is 0 Å². The van der Waals surface area contributed by atoms with Crippen molar-refractivity contribution in [1.82, 2.24) is 61.1 Å². The van der Waals surface area contributed by atoms with Gasteiger partial charge in [0.25, 0.3) is 0 Å². The molecule has 0 saturated heterocycles. The Bertz CT molecular complexity index is 1430. The average Bonchev–Trinajstić information content (AvgIpc) is 3.72. The van der Waals surface area contributed by atoms with E-state index in [1.54, 1.807) is 0 Å². The molecule has 0 radical (unpaired) electrons. The van der Waals surface area contributed by atoms with Crippen molar-refractivity contribution in [3.63, 3.8) is 0 Å². The Hall–Kier alpha value is -5.96. The number of carboxylic acids is 2. The Kier molecular flexibility index (Phi) is 15.2. The molecule has 2 aromatic heterocycles. The molecular weight excluding hydrogens is 664 g/mol. The summed E-state index contributed by atoms with van der Waals surface area (Å²) in [7, 11) is 0. The first-order valence-corrected chi connectivity index (χ1v) is 15.7. The highest BCUT2D eigenvalue weighted by Gasteiger charge is 2.21. The van der Waals surface area contributed by atoms with Gasteiger partial charge in [-0.15, -0.1) is 10.2 Å². The number of carbonyl (C=O) groups is 8. The lowest BCUT2D eigenvalue weighted by Gasteiger charge is -2.19. The molecule has 0 unspecified atom stereocenters. The highest BCUT2D eigenvalue weighted by Crippen LogP contribution is 2.06. The molecule has 3 heterocycles. The second kappa shape index (κ2) is 19.8. The zero-order valence-electron chi connectivity index (χ0n) is 27.2. The minimum absolute atomic E-state index is 0.0805. The van der Waals surface area contributed by atoms with Crippen molar-refractivity contribution in [2.45, 2.75) is 64.7 Å². The normalized spacial score (nSPS) is 17.8. The lowest BCUT2D eigenvalue weighted by molar-refractivity contribution is -0.145. The fourth-order valence-corrected chi connectivity index (χ4v) is 4.57. The summed E-state index contributed by atoms with van der Waals surface area (Å²) in [5.74, 6) is -6.06. The van der Waals surface area contributed by atoms with Crippen LogP contribution < -0.4 is 21.3 Å². The van der Waals surface area contributed by atoms with Gasteiger partial charge in [0.15, 0.2) is 0 Å². The number of aryl methyl sites for hydroxylation is 2. The summed E-state index contributed by atoms with van der Waals surface area (Å²) in [4.78, 5) is 99.0. The van der Waals surface area contributed by atoms with Gasteiger partial charge in [-0.05, 0) is 25.7 Å². The number of nitrogens with one attached hydrogen (secondary N) is 4. The van der Waals surface area contributed by atoms with E-state index in [-0.39, 0.29) is 25.9 Å². The van der Waals surface area contributed by atoms with E-state index in [4.69, 9.17) is 0 Å². The summed E-state index contributed by atoms with van der Waals surface area (Å²) in [6, 6.07) is 0. The van der Waals surface area contributed by atoms with Crippen LogP contribution in [-0.2, 0) is 64.5 Å². The van der Waals surface area contributed by atoms with E-state index in [2.05, 4.69) is 41.9 Å². The minimum Gasteiger partial charge on any atom is -0.480 e. The Morgan fingerprint density at radius 1 is 0.580 bits per heavy atom. The van der Waals surface area contributed by atoms with Crippen molar-refractivity contribution in [3.8, 4) is 0 Å². The maximum Gasteiger partial charge on any atom is 0.323 e. The summed E-state index contributed by atoms with van der Waals surface area (Å²) in [6.45, 7) is -2.82. The Morgan fingerprint density at radius 3 is 1.34 bits per heavy atom. The maximum atomic E-state index is 12.7. The number of aliphatic carboxylic acids is 2. The molecule has 0 fully saturated rings. The van der Waals surface area contributed by atoms with Gasteiger partial charge in [0.2, 0.25) is 35.4 Å². The fraction of sp³-hybridized carbons (Fsp3) is 0.571. The van der Waals surface area contributed by atoms with Crippen LogP contribution in [0.25, 0.3) is 0 Å². The Balaban J connectivity index is 1.62. The topological polar surface area (TPSA) is 293 Å². The van der Waals surface area contributed by atoms with Crippen LogP contribution in [0.5, 0.6) is 0 Å². The van der Waals surface area contributed by atoms with Gasteiger partial charge >= 0.3 is 11.9 Å². The minimum atomic E-state index is -1.27. The number of rotatable bonds is 4. The summed E-state index contributed by atoms with van der Waals surface area (Å²) < 4.78 is 2.92. The molecule has 0 saturated carbocycles. The second-order valence-corrected chi connectivity index (χ2v) is 11.3. The van der Waals surface area contributed by atoms with Crippen LogP contribution in [0.1, 0.15) is 49.9 Å². The van der Waals surface area contributed by atoms with E-state index in [1.165, 1.54) is 21.8 Å². The maximum absolute atomic E-state index is 12.7. The molecule has 4 bridgehead atoms. The van der Waals surface area contributed by atoms with Gasteiger partial charge in [-0.1, -0.05) is 10.4 Å². The Labute approximate surface area is 284 Å². The van der Waals surface area contributed by atoms with E-state index in [9.17, 15) is 48.6 Å². The molecule has 0 spiro atoms. The van der Waals surface area contributed by atoms with E-state index < -0.39 is 86.7 Å². The van der Waals surface area contributed by atoms with Crippen molar-refractivity contribution in [1.29, 1.82) is 0 Å². The van der Waals surface area contributed by atoms with Crippen LogP contribution >= 0.6 is 0 Å². The van der Waals surface area contributed by atoms with Crippen molar-refractivity contribution in [3.05, 3.63) is 23.8 Å². The first-order valence-electron chi connectivity index (χ1n) is 15.7. The summed E-state index contributed by atoms with van der Waals surface area (Å²) in [5.41, 5.74) is 0.587. The number of fused-ring (bicyclic) bond motifs is 4. The smallest absolute Gasteiger partial charge is 0.323 e. The average molecular weight is 705 g/mol. The molecule has 6 N–H and O–H groups in total. The fourth-order valence-electron chi connectivity index (χ4n) is 4.57. The lowest BCUT2D eigenvalue weighted by atomic mass is 10.2. The quantitative estimate of drug-likeness (QED) is 0.178. The number of carboxylic acid groups (broad SMARTS) is 2. The van der Waals surface area contributed by atoms with Crippen LogP contribution in [-0.4, -0.2) is 137 Å². The van der Waals surface area contributed by atoms with E-state index in [1.807, 2.05) is 0 Å². The highest BCUT2D eigenvalue weighted by molar-refractivity contribution is 5.90. The summed E-state index contributed by atoms with van der Waals surface area (Å²) >= 11 is 0. The molecule has 22 heteroatoms. The zero-order chi connectivity index (χ0) is 36.5. The third-order valence-corrected chi connectivity index (χ3v) is 7.08. The number of hydrogen-bond donors (Lipinski definition) is 6. The number of aromatic nitrogens is 6. The standard InChI is InChI=1S/C28H40N12O10/c41-21-5-1-3-7-39-15-19(33-35-39)13-37(17-27(47)48)26(46)12-32-24(44)10-30-22(42)6-2-4-8-40-16-20(34-36-40)14-38(18-28(49)50)25(45)11-31-23(43)9-29-21/h15-16H,1-14,17-18H2,(H,29,41)(H,30,42)(H,31,43)(H,32,44)(H,47,48)(H,49,50). The van der Waals surface area contributed by atoms with Gasteiger partial charge in [-0.3, -0.25) is 47.7 Å². The molecule has 3 rings (SSSR count). The first-order chi connectivity index (χ1) is 23.9. The third-order valence-electron chi connectivity index (χ3n) is 7.08. The number of amides is 6. The molecule has 0 aliphatic carbocycles. The van der Waals surface area contributed by atoms with Crippen molar-refractivity contribution in [2.75, 3.05) is 39.3 Å². The van der Waals surface area contributed by atoms with Crippen LogP contribution in [0.4, 0.5) is 0 Å². The molecule has 6 amide bonds. The Morgan fingerprint density at radius 2 is 0.960 bits per heavy atom. The molecule has 272 valence electrons. The summed E-state index contributed by atoms with van der Waals surface area (Å²) in [5, 5.41) is 44.0. The number of carbonyl (C=O) groups excluding carboxylic acids is 6. The predicted octanol–water partition coefficient (Wildman–Crippen LogP) is -3.78. The van der Waals surface area contributed by atoms with Crippen LogP contribution in [0, 0.1) is 0 Å². The van der Waals surface area contributed by atoms with Crippen molar-refractivity contribution < 1.29 is 48.6 Å². The second-order valence-electron chi connectivity index (χ2n) is 11.3. The van der Waals surface area contributed by atoms with Crippen LogP contribution in [0.15, 0.2) is 12.4 Å². The van der Waals surface area contributed by atoms with Gasteiger partial charge in [-0.2, -0.15) is 0 Å². The molecule has 0 aromatic carbocycles.